The lowest BCUT2D eigenvalue weighted by molar-refractivity contribution is 0.622. The fourth-order valence-electron chi connectivity index (χ4n) is 1.58. The molecule has 76 valence electrons. The minimum atomic E-state index is -0.150. The van der Waals surface area contributed by atoms with Crippen molar-refractivity contribution in [2.24, 2.45) is 0 Å². The average molecular weight is 201 g/mol. The van der Waals surface area contributed by atoms with Crippen molar-refractivity contribution >= 4 is 0 Å². The zero-order valence-electron chi connectivity index (χ0n) is 8.79. The van der Waals surface area contributed by atoms with Crippen molar-refractivity contribution in [3.05, 3.63) is 53.6 Å². The SMILES string of the molecule is Cc1cc(-c2cccc(C)c2F)ccn1. The van der Waals surface area contributed by atoms with E-state index in [9.17, 15) is 4.39 Å². The molecule has 15 heavy (non-hydrogen) atoms. The van der Waals surface area contributed by atoms with E-state index in [2.05, 4.69) is 4.98 Å². The molecular formula is C13H12FN. The molecule has 0 fully saturated rings. The number of hydrogen-bond acceptors (Lipinski definition) is 1. The van der Waals surface area contributed by atoms with Gasteiger partial charge in [0.05, 0.1) is 0 Å². The predicted octanol–water partition coefficient (Wildman–Crippen LogP) is 3.50. The standard InChI is InChI=1S/C13H12FN/c1-9-4-3-5-12(13(9)14)11-6-7-15-10(2)8-11/h3-8H,1-2H3. The van der Waals surface area contributed by atoms with Crippen LogP contribution in [0.25, 0.3) is 11.1 Å². The molecule has 1 aromatic carbocycles. The molecule has 0 radical (unpaired) electrons. The quantitative estimate of drug-likeness (QED) is 0.688. The molecule has 1 aromatic heterocycles. The maximum absolute atomic E-state index is 13.8. The number of benzene rings is 1. The molecule has 0 aliphatic heterocycles. The van der Waals surface area contributed by atoms with E-state index in [4.69, 9.17) is 0 Å². The van der Waals surface area contributed by atoms with Crippen molar-refractivity contribution in [3.63, 3.8) is 0 Å². The van der Waals surface area contributed by atoms with E-state index in [1.54, 1.807) is 25.3 Å². The number of halogens is 1. The van der Waals surface area contributed by atoms with E-state index in [0.717, 1.165) is 11.3 Å². The molecule has 0 atom stereocenters. The van der Waals surface area contributed by atoms with Gasteiger partial charge in [0.1, 0.15) is 5.82 Å². The number of hydrogen-bond donors (Lipinski definition) is 0. The molecule has 0 aliphatic rings. The van der Waals surface area contributed by atoms with Gasteiger partial charge in [0.15, 0.2) is 0 Å². The molecule has 0 amide bonds. The molecule has 0 saturated heterocycles. The predicted molar refractivity (Wildman–Crippen MR) is 59.1 cm³/mol. The Balaban J connectivity index is 2.59. The molecule has 1 heterocycles. The van der Waals surface area contributed by atoms with Crippen molar-refractivity contribution < 1.29 is 4.39 Å². The van der Waals surface area contributed by atoms with E-state index in [-0.39, 0.29) is 5.82 Å². The summed E-state index contributed by atoms with van der Waals surface area (Å²) in [5, 5.41) is 0. The normalized spacial score (nSPS) is 10.3. The number of rotatable bonds is 1. The molecule has 0 unspecified atom stereocenters. The molecule has 1 nitrogen and oxygen atoms in total. The van der Waals surface area contributed by atoms with Gasteiger partial charge in [-0.1, -0.05) is 18.2 Å². The summed E-state index contributed by atoms with van der Waals surface area (Å²) in [6, 6.07) is 9.14. The molecular weight excluding hydrogens is 189 g/mol. The van der Waals surface area contributed by atoms with E-state index < -0.39 is 0 Å². The van der Waals surface area contributed by atoms with Crippen LogP contribution in [0.1, 0.15) is 11.3 Å². The van der Waals surface area contributed by atoms with Crippen LogP contribution >= 0.6 is 0 Å². The third-order valence-corrected chi connectivity index (χ3v) is 2.40. The van der Waals surface area contributed by atoms with Gasteiger partial charge in [-0.05, 0) is 37.1 Å². The van der Waals surface area contributed by atoms with Crippen molar-refractivity contribution in [2.75, 3.05) is 0 Å². The molecule has 0 bridgehead atoms. The zero-order valence-corrected chi connectivity index (χ0v) is 8.79. The smallest absolute Gasteiger partial charge is 0.133 e. The Hall–Kier alpha value is -1.70. The van der Waals surface area contributed by atoms with Crippen LogP contribution in [0.5, 0.6) is 0 Å². The summed E-state index contributed by atoms with van der Waals surface area (Å²) < 4.78 is 13.8. The van der Waals surface area contributed by atoms with Crippen molar-refractivity contribution in [2.45, 2.75) is 13.8 Å². The summed E-state index contributed by atoms with van der Waals surface area (Å²) in [6.45, 7) is 3.67. The van der Waals surface area contributed by atoms with E-state index in [1.165, 1.54) is 0 Å². The highest BCUT2D eigenvalue weighted by Gasteiger charge is 2.06. The largest absolute Gasteiger partial charge is 0.262 e. The molecule has 2 aromatic rings. The minimum absolute atomic E-state index is 0.150. The number of pyridine rings is 1. The second-order valence-electron chi connectivity index (χ2n) is 3.62. The molecule has 2 heteroatoms. The Kier molecular flexibility index (Phi) is 2.50. The lowest BCUT2D eigenvalue weighted by Gasteiger charge is -2.05. The summed E-state index contributed by atoms with van der Waals surface area (Å²) in [7, 11) is 0. The van der Waals surface area contributed by atoms with Gasteiger partial charge in [-0.25, -0.2) is 4.39 Å². The van der Waals surface area contributed by atoms with Crippen LogP contribution in [0, 0.1) is 19.7 Å². The second-order valence-corrected chi connectivity index (χ2v) is 3.62. The zero-order chi connectivity index (χ0) is 10.8. The first-order chi connectivity index (χ1) is 7.18. The van der Waals surface area contributed by atoms with E-state index >= 15 is 0 Å². The third kappa shape index (κ3) is 1.89. The third-order valence-electron chi connectivity index (χ3n) is 2.40. The van der Waals surface area contributed by atoms with Crippen LogP contribution in [0.4, 0.5) is 4.39 Å². The average Bonchev–Trinajstić information content (AvgIpc) is 2.22. The lowest BCUT2D eigenvalue weighted by atomic mass is 10.0. The van der Waals surface area contributed by atoms with Crippen molar-refractivity contribution in [1.29, 1.82) is 0 Å². The summed E-state index contributed by atoms with van der Waals surface area (Å²) in [4.78, 5) is 4.09. The van der Waals surface area contributed by atoms with Crippen LogP contribution in [-0.2, 0) is 0 Å². The first-order valence-corrected chi connectivity index (χ1v) is 4.86. The maximum atomic E-state index is 13.8. The topological polar surface area (TPSA) is 12.9 Å². The van der Waals surface area contributed by atoms with Crippen LogP contribution < -0.4 is 0 Å². The lowest BCUT2D eigenvalue weighted by Crippen LogP contribution is -1.89. The fourth-order valence-corrected chi connectivity index (χ4v) is 1.58. The molecule has 2 rings (SSSR count). The van der Waals surface area contributed by atoms with Gasteiger partial charge < -0.3 is 0 Å². The van der Waals surface area contributed by atoms with Gasteiger partial charge in [0.25, 0.3) is 0 Å². The monoisotopic (exact) mass is 201 g/mol. The van der Waals surface area contributed by atoms with Crippen LogP contribution in [0.3, 0.4) is 0 Å². The molecule has 0 saturated carbocycles. The van der Waals surface area contributed by atoms with E-state index in [1.807, 2.05) is 25.1 Å². The Morgan fingerprint density at radius 3 is 2.67 bits per heavy atom. The highest BCUT2D eigenvalue weighted by Crippen LogP contribution is 2.24. The first-order valence-electron chi connectivity index (χ1n) is 4.86. The minimum Gasteiger partial charge on any atom is -0.262 e. The number of nitrogens with zero attached hydrogens (tertiary/aromatic N) is 1. The number of aryl methyl sites for hydroxylation is 2. The molecule has 0 spiro atoms. The summed E-state index contributed by atoms with van der Waals surface area (Å²) in [5.74, 6) is -0.150. The van der Waals surface area contributed by atoms with E-state index in [0.29, 0.717) is 11.1 Å². The van der Waals surface area contributed by atoms with Crippen LogP contribution in [-0.4, -0.2) is 4.98 Å². The Bertz CT molecular complexity index is 492. The molecule has 0 aliphatic carbocycles. The summed E-state index contributed by atoms with van der Waals surface area (Å²) in [5.41, 5.74) is 3.08. The number of aromatic nitrogens is 1. The fraction of sp³-hybridized carbons (Fsp3) is 0.154. The van der Waals surface area contributed by atoms with Crippen LogP contribution in [0.15, 0.2) is 36.5 Å². The van der Waals surface area contributed by atoms with Gasteiger partial charge in [-0.2, -0.15) is 0 Å². The van der Waals surface area contributed by atoms with Gasteiger partial charge in [-0.3, -0.25) is 4.98 Å². The second kappa shape index (κ2) is 3.81. The van der Waals surface area contributed by atoms with Gasteiger partial charge in [0, 0.05) is 17.5 Å². The summed E-state index contributed by atoms with van der Waals surface area (Å²) in [6.07, 6.45) is 1.70. The highest BCUT2D eigenvalue weighted by molar-refractivity contribution is 5.64. The Morgan fingerprint density at radius 2 is 1.93 bits per heavy atom. The maximum Gasteiger partial charge on any atom is 0.133 e. The Morgan fingerprint density at radius 1 is 1.13 bits per heavy atom. The molecule has 0 N–H and O–H groups in total. The first kappa shape index (κ1) is 9.84. The van der Waals surface area contributed by atoms with Gasteiger partial charge in [0.2, 0.25) is 0 Å². The van der Waals surface area contributed by atoms with Gasteiger partial charge >= 0.3 is 0 Å². The summed E-state index contributed by atoms with van der Waals surface area (Å²) >= 11 is 0. The van der Waals surface area contributed by atoms with Crippen LogP contribution in [0.2, 0.25) is 0 Å². The van der Waals surface area contributed by atoms with Crippen molar-refractivity contribution in [3.8, 4) is 11.1 Å². The van der Waals surface area contributed by atoms with Gasteiger partial charge in [-0.15, -0.1) is 0 Å². The Labute approximate surface area is 88.6 Å². The van der Waals surface area contributed by atoms with Crippen molar-refractivity contribution in [1.82, 2.24) is 4.98 Å². The highest BCUT2D eigenvalue weighted by atomic mass is 19.1.